The van der Waals surface area contributed by atoms with Crippen molar-refractivity contribution < 1.29 is 24.6 Å². The van der Waals surface area contributed by atoms with E-state index in [1.165, 1.54) is 4.90 Å². The highest BCUT2D eigenvalue weighted by Crippen LogP contribution is 2.40. The third-order valence-corrected chi connectivity index (χ3v) is 8.49. The summed E-state index contributed by atoms with van der Waals surface area (Å²) in [5.74, 6) is -0.525. The number of carbonyl (C=O) groups excluding carboxylic acids is 1. The number of aliphatic carboxylic acids is 2. The number of hydrogen-bond acceptors (Lipinski definition) is 6. The number of aryl methyl sites for hydroxylation is 1. The maximum absolute atomic E-state index is 13.0. The predicted molar refractivity (Wildman–Crippen MR) is 114 cm³/mol. The molecule has 2 aliphatic rings. The smallest absolute Gasteiger partial charge is 0.327 e. The van der Waals surface area contributed by atoms with Crippen LogP contribution < -0.4 is 5.32 Å². The lowest BCUT2D eigenvalue weighted by molar-refractivity contribution is -0.149. The fourth-order valence-electron chi connectivity index (χ4n) is 3.88. The number of nitrogens with zero attached hydrogens (tertiary/aromatic N) is 1. The van der Waals surface area contributed by atoms with E-state index in [4.69, 9.17) is 0 Å². The van der Waals surface area contributed by atoms with Crippen LogP contribution in [0.4, 0.5) is 0 Å². The molecule has 3 N–H and O–H groups in total. The highest BCUT2D eigenvalue weighted by atomic mass is 32.2. The van der Waals surface area contributed by atoms with E-state index in [1.807, 2.05) is 30.3 Å². The standard InChI is InChI=1S/C20H26N2O5S2/c1-12(21-14(19(24)25)8-7-13-5-3-2-4-6-13)18(23)22-11-15-17(16(22)20(26)27)29-10-9-28-15/h2-6,12,14-17,21H,7-11H2,1H3,(H,24,25)(H,26,27)/t12-,14?,15?,16?,17?/m0/s1. The van der Waals surface area contributed by atoms with E-state index in [0.29, 0.717) is 19.4 Å². The number of nitrogens with one attached hydrogen (secondary N) is 1. The minimum atomic E-state index is -1.02. The largest absolute Gasteiger partial charge is 0.480 e. The van der Waals surface area contributed by atoms with Crippen molar-refractivity contribution in [3.63, 3.8) is 0 Å². The van der Waals surface area contributed by atoms with Crippen LogP contribution in [0.1, 0.15) is 18.9 Å². The van der Waals surface area contributed by atoms with E-state index in [1.54, 1.807) is 30.4 Å². The van der Waals surface area contributed by atoms with Gasteiger partial charge in [0, 0.05) is 28.6 Å². The minimum Gasteiger partial charge on any atom is -0.480 e. The molecule has 1 amide bonds. The van der Waals surface area contributed by atoms with E-state index in [2.05, 4.69) is 5.32 Å². The summed E-state index contributed by atoms with van der Waals surface area (Å²) in [6.45, 7) is 2.01. The Bertz CT molecular complexity index is 748. The summed E-state index contributed by atoms with van der Waals surface area (Å²) in [6, 6.07) is 7.06. The number of thioether (sulfide) groups is 2. The third-order valence-electron chi connectivity index (χ3n) is 5.34. The summed E-state index contributed by atoms with van der Waals surface area (Å²) in [5, 5.41) is 22.2. The van der Waals surface area contributed by atoms with Crippen LogP contribution in [0.5, 0.6) is 0 Å². The summed E-state index contributed by atoms with van der Waals surface area (Å²) in [4.78, 5) is 38.0. The van der Waals surface area contributed by atoms with Gasteiger partial charge in [0.1, 0.15) is 12.1 Å². The number of hydrogen-bond donors (Lipinski definition) is 3. The van der Waals surface area contributed by atoms with E-state index in [-0.39, 0.29) is 16.4 Å². The van der Waals surface area contributed by atoms with E-state index < -0.39 is 30.1 Å². The Labute approximate surface area is 178 Å². The minimum absolute atomic E-state index is 0.111. The van der Waals surface area contributed by atoms with E-state index >= 15 is 0 Å². The molecule has 2 aliphatic heterocycles. The highest BCUT2D eigenvalue weighted by molar-refractivity contribution is 8.07. The van der Waals surface area contributed by atoms with Crippen LogP contribution in [0.25, 0.3) is 0 Å². The molecule has 5 atom stereocenters. The molecule has 4 unspecified atom stereocenters. The molecule has 158 valence electrons. The molecule has 1 aromatic rings. The Balaban J connectivity index is 1.64. The maximum Gasteiger partial charge on any atom is 0.327 e. The quantitative estimate of drug-likeness (QED) is 0.561. The third kappa shape index (κ3) is 5.26. The first-order chi connectivity index (χ1) is 13.9. The van der Waals surface area contributed by atoms with Crippen LogP contribution in [-0.2, 0) is 20.8 Å². The van der Waals surface area contributed by atoms with Gasteiger partial charge in [-0.3, -0.25) is 14.9 Å². The monoisotopic (exact) mass is 438 g/mol. The Morgan fingerprint density at radius 1 is 1.17 bits per heavy atom. The van der Waals surface area contributed by atoms with Gasteiger partial charge >= 0.3 is 11.9 Å². The number of carboxylic acids is 2. The van der Waals surface area contributed by atoms with Crippen molar-refractivity contribution in [2.75, 3.05) is 18.1 Å². The van der Waals surface area contributed by atoms with Gasteiger partial charge in [0.05, 0.1) is 6.04 Å². The number of amides is 1. The van der Waals surface area contributed by atoms with E-state index in [9.17, 15) is 24.6 Å². The molecule has 0 spiro atoms. The average molecular weight is 439 g/mol. The molecule has 3 rings (SSSR count). The predicted octanol–water partition coefficient (Wildman–Crippen LogP) is 1.56. The lowest BCUT2D eigenvalue weighted by Gasteiger charge is -2.29. The summed E-state index contributed by atoms with van der Waals surface area (Å²) in [7, 11) is 0. The topological polar surface area (TPSA) is 107 Å². The summed E-state index contributed by atoms with van der Waals surface area (Å²) >= 11 is 3.34. The van der Waals surface area contributed by atoms with Gasteiger partial charge in [0.2, 0.25) is 5.91 Å². The number of likely N-dealkylation sites (tertiary alicyclic amines) is 1. The van der Waals surface area contributed by atoms with Gasteiger partial charge in [-0.25, -0.2) is 4.79 Å². The molecule has 0 aliphatic carbocycles. The van der Waals surface area contributed by atoms with Crippen LogP contribution in [-0.4, -0.2) is 79.6 Å². The van der Waals surface area contributed by atoms with Crippen LogP contribution in [0.3, 0.4) is 0 Å². The molecule has 29 heavy (non-hydrogen) atoms. The molecule has 2 heterocycles. The summed E-state index contributed by atoms with van der Waals surface area (Å²) < 4.78 is 0. The zero-order valence-corrected chi connectivity index (χ0v) is 17.8. The van der Waals surface area contributed by atoms with Crippen molar-refractivity contribution in [3.8, 4) is 0 Å². The molecule has 0 bridgehead atoms. The lowest BCUT2D eigenvalue weighted by atomic mass is 10.0. The number of benzene rings is 1. The summed E-state index contributed by atoms with van der Waals surface area (Å²) in [6.07, 6.45) is 0.918. The van der Waals surface area contributed by atoms with Crippen molar-refractivity contribution >= 4 is 41.4 Å². The SMILES string of the molecule is C[C@H](NC(CCc1ccccc1)C(=O)O)C(=O)N1CC2SCCSC2C1C(=O)O. The Kier molecular flexibility index (Phi) is 7.48. The molecule has 2 saturated heterocycles. The number of rotatable bonds is 8. The molecule has 0 saturated carbocycles. The lowest BCUT2D eigenvalue weighted by Crippen LogP contribution is -2.54. The maximum atomic E-state index is 13.0. The fraction of sp³-hybridized carbons (Fsp3) is 0.550. The normalized spacial score (nSPS) is 25.8. The van der Waals surface area contributed by atoms with Gasteiger partial charge in [-0.05, 0) is 25.3 Å². The molecule has 9 heteroatoms. The summed E-state index contributed by atoms with van der Waals surface area (Å²) in [5.41, 5.74) is 1.03. The average Bonchev–Trinajstić information content (AvgIpc) is 3.10. The Morgan fingerprint density at radius 3 is 2.52 bits per heavy atom. The Morgan fingerprint density at radius 2 is 1.86 bits per heavy atom. The first-order valence-corrected chi connectivity index (χ1v) is 11.8. The van der Waals surface area contributed by atoms with Gasteiger partial charge in [-0.2, -0.15) is 23.5 Å². The van der Waals surface area contributed by atoms with Gasteiger partial charge in [0.15, 0.2) is 0 Å². The van der Waals surface area contributed by atoms with Crippen molar-refractivity contribution in [3.05, 3.63) is 35.9 Å². The second-order valence-electron chi connectivity index (χ2n) is 7.32. The first-order valence-electron chi connectivity index (χ1n) is 9.67. The van der Waals surface area contributed by atoms with Crippen LogP contribution >= 0.6 is 23.5 Å². The zero-order chi connectivity index (χ0) is 21.0. The molecular formula is C20H26N2O5S2. The van der Waals surface area contributed by atoms with Crippen LogP contribution in [0.15, 0.2) is 30.3 Å². The van der Waals surface area contributed by atoms with E-state index in [0.717, 1.165) is 17.1 Å². The Hall–Kier alpha value is -1.71. The molecule has 7 nitrogen and oxygen atoms in total. The van der Waals surface area contributed by atoms with Crippen LogP contribution in [0.2, 0.25) is 0 Å². The second kappa shape index (κ2) is 9.86. The molecule has 0 radical (unpaired) electrons. The fourth-order valence-corrected chi connectivity index (χ4v) is 7.05. The zero-order valence-electron chi connectivity index (χ0n) is 16.2. The number of carboxylic acid groups (broad SMARTS) is 2. The highest BCUT2D eigenvalue weighted by Gasteiger charge is 2.50. The van der Waals surface area contributed by atoms with Gasteiger partial charge < -0.3 is 15.1 Å². The number of carbonyl (C=O) groups is 3. The van der Waals surface area contributed by atoms with Crippen LogP contribution in [0, 0.1) is 0 Å². The first kappa shape index (κ1) is 22.0. The second-order valence-corrected chi connectivity index (χ2v) is 9.95. The molecule has 1 aromatic carbocycles. The molecular weight excluding hydrogens is 412 g/mol. The van der Waals surface area contributed by atoms with Gasteiger partial charge in [0.25, 0.3) is 0 Å². The number of fused-ring (bicyclic) bond motifs is 1. The van der Waals surface area contributed by atoms with Crippen molar-refractivity contribution in [1.29, 1.82) is 0 Å². The van der Waals surface area contributed by atoms with Crippen molar-refractivity contribution in [1.82, 2.24) is 10.2 Å². The molecule has 0 aromatic heterocycles. The van der Waals surface area contributed by atoms with Gasteiger partial charge in [-0.15, -0.1) is 0 Å². The molecule has 2 fully saturated rings. The van der Waals surface area contributed by atoms with Crippen molar-refractivity contribution in [2.45, 2.75) is 48.4 Å². The van der Waals surface area contributed by atoms with Crippen molar-refractivity contribution in [2.24, 2.45) is 0 Å². The van der Waals surface area contributed by atoms with Gasteiger partial charge in [-0.1, -0.05) is 30.3 Å².